The van der Waals surface area contributed by atoms with E-state index < -0.39 is 0 Å². The highest BCUT2D eigenvalue weighted by molar-refractivity contribution is 6.17. The number of nitrogens with zero attached hydrogens (tertiary/aromatic N) is 4. The standard InChI is InChI=1S/2C57H40N2/c1-57(2)51-22-11-9-20-45(51)47-36-56-50(35-52(47)57)49-34-42(27-31-55(49)58(56)43-28-24-39(25-29-43)37-14-5-3-6-15-37)41-26-30-54-48(33-41)46-21-10-12-23-53(46)59(54)44-19-13-18-40(32-44)38-16-7-4-8-17-38;1-57(2)51-22-11-9-20-45(51)47-35-50-49-34-42(27-31-55(49)58(56(50)36-52(47)57)43-28-24-39(25-29-43)37-14-5-3-6-15-37)41-26-30-54-48(33-41)46-21-10-12-23-53(46)59(54)44-19-13-18-40(32-44)38-16-7-4-8-17-38/h2*3-36H,1-2H3. The Labute approximate surface area is 685 Å². The van der Waals surface area contributed by atoms with Crippen molar-refractivity contribution in [1.29, 1.82) is 0 Å². The molecule has 0 atom stereocenters. The molecular formula is C114H80N4. The Balaban J connectivity index is 0.000000138. The topological polar surface area (TPSA) is 19.7 Å². The zero-order chi connectivity index (χ0) is 78.5. The smallest absolute Gasteiger partial charge is 0.0547 e. The highest BCUT2D eigenvalue weighted by Gasteiger charge is 2.38. The van der Waals surface area contributed by atoms with Gasteiger partial charge in [0.25, 0.3) is 0 Å². The minimum absolute atomic E-state index is 0.0939. The minimum atomic E-state index is -0.0960. The lowest BCUT2D eigenvalue weighted by atomic mass is 9.82. The fourth-order valence-electron chi connectivity index (χ4n) is 20.0. The number of hydrogen-bond acceptors (Lipinski definition) is 0. The van der Waals surface area contributed by atoms with Gasteiger partial charge in [-0.1, -0.05) is 307 Å². The molecule has 0 bridgehead atoms. The summed E-state index contributed by atoms with van der Waals surface area (Å²) in [7, 11) is 0. The molecule has 0 spiro atoms. The van der Waals surface area contributed by atoms with Crippen LogP contribution in [0.4, 0.5) is 0 Å². The van der Waals surface area contributed by atoms with E-state index in [1.165, 1.54) is 198 Å². The van der Waals surface area contributed by atoms with Crippen molar-refractivity contribution in [3.05, 3.63) is 435 Å². The van der Waals surface area contributed by atoms with Gasteiger partial charge in [0.15, 0.2) is 0 Å². The summed E-state index contributed by atoms with van der Waals surface area (Å²) in [5.41, 5.74) is 39.7. The number of hydrogen-bond donors (Lipinski definition) is 0. The predicted molar refractivity (Wildman–Crippen MR) is 498 cm³/mol. The molecule has 18 aromatic carbocycles. The molecule has 4 heteroatoms. The summed E-state index contributed by atoms with van der Waals surface area (Å²) >= 11 is 0. The van der Waals surface area contributed by atoms with Gasteiger partial charge in [0.2, 0.25) is 0 Å². The van der Waals surface area contributed by atoms with E-state index in [2.05, 4.69) is 458 Å². The summed E-state index contributed by atoms with van der Waals surface area (Å²) in [4.78, 5) is 0. The van der Waals surface area contributed by atoms with Gasteiger partial charge in [0, 0.05) is 76.7 Å². The molecule has 0 N–H and O–H groups in total. The Morgan fingerprint density at radius 1 is 0.144 bits per heavy atom. The first kappa shape index (κ1) is 68.7. The van der Waals surface area contributed by atoms with Crippen molar-refractivity contribution in [3.63, 3.8) is 0 Å². The summed E-state index contributed by atoms with van der Waals surface area (Å²) in [6, 6.07) is 152. The molecule has 0 aliphatic heterocycles. The van der Waals surface area contributed by atoms with E-state index in [9.17, 15) is 0 Å². The SMILES string of the molecule is CC1(C)c2ccccc2-c2cc3c(cc21)c1cc(-c2ccc4c(c2)c2ccccc2n4-c2cccc(-c4ccccc4)c2)ccc1n3-c1ccc(-c2ccccc2)cc1.CC1(C)c2ccccc2-c2cc3c4cc(-c5ccc6c(c5)c5ccccc5n6-c5cccc(-c6ccccc6)c5)ccc4n(-c4ccc(-c5ccccc5)cc4)c3cc21. The second kappa shape index (κ2) is 26.9. The lowest BCUT2D eigenvalue weighted by Crippen LogP contribution is -2.14. The molecule has 4 aromatic heterocycles. The van der Waals surface area contributed by atoms with Crippen LogP contribution >= 0.6 is 0 Å². The van der Waals surface area contributed by atoms with Gasteiger partial charge >= 0.3 is 0 Å². The van der Waals surface area contributed by atoms with Crippen molar-refractivity contribution in [2.45, 2.75) is 38.5 Å². The Hall–Kier alpha value is -14.8. The monoisotopic (exact) mass is 1500 g/mol. The summed E-state index contributed by atoms with van der Waals surface area (Å²) in [6.45, 7) is 9.49. The van der Waals surface area contributed by atoms with Crippen LogP contribution in [-0.2, 0) is 10.8 Å². The summed E-state index contributed by atoms with van der Waals surface area (Å²) in [6.07, 6.45) is 0. The van der Waals surface area contributed by atoms with E-state index in [0.29, 0.717) is 0 Å². The molecule has 0 saturated heterocycles. The second-order valence-corrected chi connectivity index (χ2v) is 33.1. The fourth-order valence-corrected chi connectivity index (χ4v) is 20.0. The Kier molecular flexibility index (Phi) is 15.7. The molecule has 4 heterocycles. The number of benzene rings is 18. The average molecular weight is 1510 g/mol. The van der Waals surface area contributed by atoms with Crippen molar-refractivity contribution in [3.8, 4) is 112 Å². The minimum Gasteiger partial charge on any atom is -0.309 e. The van der Waals surface area contributed by atoms with Crippen molar-refractivity contribution in [2.24, 2.45) is 0 Å². The molecule has 2 aliphatic rings. The first-order valence-corrected chi connectivity index (χ1v) is 41.2. The average Bonchev–Trinajstić information content (AvgIpc) is 1.55. The van der Waals surface area contributed by atoms with Crippen LogP contribution in [0.15, 0.2) is 413 Å². The maximum absolute atomic E-state index is 2.49. The number of rotatable bonds is 10. The van der Waals surface area contributed by atoms with Gasteiger partial charge in [-0.05, 0) is 245 Å². The molecule has 0 saturated carbocycles. The zero-order valence-electron chi connectivity index (χ0n) is 66.0. The van der Waals surface area contributed by atoms with Crippen LogP contribution in [0.25, 0.3) is 199 Å². The molecule has 118 heavy (non-hydrogen) atoms. The molecule has 0 amide bonds. The van der Waals surface area contributed by atoms with Crippen LogP contribution in [0.1, 0.15) is 49.9 Å². The Bertz CT molecular complexity index is 7800. The first-order chi connectivity index (χ1) is 58.0. The van der Waals surface area contributed by atoms with Crippen molar-refractivity contribution >= 4 is 87.2 Å². The van der Waals surface area contributed by atoms with E-state index >= 15 is 0 Å². The fraction of sp³-hybridized carbons (Fsp3) is 0.0526. The lowest BCUT2D eigenvalue weighted by molar-refractivity contribution is 0.661. The van der Waals surface area contributed by atoms with Gasteiger partial charge in [-0.15, -0.1) is 0 Å². The third-order valence-corrected chi connectivity index (χ3v) is 25.8. The van der Waals surface area contributed by atoms with Gasteiger partial charge < -0.3 is 18.3 Å². The zero-order valence-corrected chi connectivity index (χ0v) is 66.0. The van der Waals surface area contributed by atoms with E-state index in [1.54, 1.807) is 0 Å². The van der Waals surface area contributed by atoms with E-state index in [4.69, 9.17) is 0 Å². The van der Waals surface area contributed by atoms with Crippen LogP contribution in [0.2, 0.25) is 0 Å². The van der Waals surface area contributed by atoms with Gasteiger partial charge in [0.05, 0.1) is 44.1 Å². The van der Waals surface area contributed by atoms with Crippen LogP contribution in [0.5, 0.6) is 0 Å². The first-order valence-electron chi connectivity index (χ1n) is 41.2. The Morgan fingerprint density at radius 2 is 0.415 bits per heavy atom. The lowest BCUT2D eigenvalue weighted by Gasteiger charge is -2.21. The van der Waals surface area contributed by atoms with E-state index in [0.717, 1.165) is 22.7 Å². The molecule has 0 radical (unpaired) electrons. The quantitative estimate of drug-likeness (QED) is 0.130. The van der Waals surface area contributed by atoms with Gasteiger partial charge in [-0.25, -0.2) is 0 Å². The van der Waals surface area contributed by atoms with Crippen LogP contribution in [-0.4, -0.2) is 18.3 Å². The largest absolute Gasteiger partial charge is 0.309 e. The highest BCUT2D eigenvalue weighted by atomic mass is 15.0. The molecular weight excluding hydrogens is 1430 g/mol. The number of para-hydroxylation sites is 2. The summed E-state index contributed by atoms with van der Waals surface area (Å²) in [5.74, 6) is 0. The van der Waals surface area contributed by atoms with Crippen LogP contribution in [0.3, 0.4) is 0 Å². The van der Waals surface area contributed by atoms with Gasteiger partial charge in [-0.3, -0.25) is 0 Å². The summed E-state index contributed by atoms with van der Waals surface area (Å²) in [5, 5.41) is 10.1. The molecule has 24 rings (SSSR count). The second-order valence-electron chi connectivity index (χ2n) is 33.1. The third kappa shape index (κ3) is 10.9. The third-order valence-electron chi connectivity index (χ3n) is 25.8. The van der Waals surface area contributed by atoms with E-state index in [-0.39, 0.29) is 10.8 Å². The van der Waals surface area contributed by atoms with Crippen molar-refractivity contribution < 1.29 is 0 Å². The normalized spacial score (nSPS) is 13.1. The molecule has 0 fully saturated rings. The van der Waals surface area contributed by atoms with Gasteiger partial charge in [-0.2, -0.15) is 0 Å². The number of aromatic nitrogens is 4. The maximum atomic E-state index is 2.49. The molecule has 2 aliphatic carbocycles. The van der Waals surface area contributed by atoms with Crippen LogP contribution in [0, 0.1) is 0 Å². The van der Waals surface area contributed by atoms with Crippen LogP contribution < -0.4 is 0 Å². The Morgan fingerprint density at radius 3 is 0.831 bits per heavy atom. The van der Waals surface area contributed by atoms with E-state index in [1.807, 2.05) is 0 Å². The molecule has 22 aromatic rings. The number of fused-ring (bicyclic) bond motifs is 18. The molecule has 4 nitrogen and oxygen atoms in total. The molecule has 556 valence electrons. The molecule has 0 unspecified atom stereocenters. The predicted octanol–water partition coefficient (Wildman–Crippen LogP) is 30.4. The van der Waals surface area contributed by atoms with Gasteiger partial charge in [0.1, 0.15) is 0 Å². The summed E-state index contributed by atoms with van der Waals surface area (Å²) < 4.78 is 9.78. The van der Waals surface area contributed by atoms with Crippen molar-refractivity contribution in [2.75, 3.05) is 0 Å². The highest BCUT2D eigenvalue weighted by Crippen LogP contribution is 2.54. The maximum Gasteiger partial charge on any atom is 0.0547 e. The van der Waals surface area contributed by atoms with Crippen molar-refractivity contribution in [1.82, 2.24) is 18.3 Å².